The van der Waals surface area contributed by atoms with Gasteiger partial charge >= 0.3 is 0 Å². The average Bonchev–Trinajstić information content (AvgIpc) is 2.54. The third-order valence-corrected chi connectivity index (χ3v) is 3.28. The first-order chi connectivity index (χ1) is 7.85. The normalized spacial score (nSPS) is 14.0. The van der Waals surface area contributed by atoms with Crippen molar-refractivity contribution in [3.8, 4) is 0 Å². The molecule has 0 aliphatic carbocycles. The second-order valence-electron chi connectivity index (χ2n) is 6.02. The minimum atomic E-state index is 0.393. The van der Waals surface area contributed by atoms with Crippen LogP contribution >= 0.6 is 0 Å². The van der Waals surface area contributed by atoms with E-state index in [0.717, 1.165) is 6.54 Å². The molecule has 0 aromatic carbocycles. The Balaban J connectivity index is 2.75. The van der Waals surface area contributed by atoms with E-state index < -0.39 is 0 Å². The van der Waals surface area contributed by atoms with Crippen LogP contribution in [-0.4, -0.2) is 16.3 Å². The summed E-state index contributed by atoms with van der Waals surface area (Å²) in [5, 5.41) is 7.91. The zero-order chi connectivity index (χ0) is 13.1. The van der Waals surface area contributed by atoms with Crippen LogP contribution in [0.4, 0.5) is 0 Å². The van der Waals surface area contributed by atoms with Crippen LogP contribution in [0.2, 0.25) is 0 Å². The molecular weight excluding hydrogens is 210 g/mol. The van der Waals surface area contributed by atoms with E-state index in [1.165, 1.54) is 24.1 Å². The molecule has 0 aliphatic rings. The largest absolute Gasteiger partial charge is 0.310 e. The second-order valence-corrected chi connectivity index (χ2v) is 6.02. The standard InChI is InChI=1S/C14H27N3/c1-7-15-13(8-9-14(3,4)5)12-10-16-17(6)11(12)2/h10,13,15H,7-9H2,1-6H3. The van der Waals surface area contributed by atoms with Gasteiger partial charge in [0.25, 0.3) is 0 Å². The smallest absolute Gasteiger partial charge is 0.0540 e. The summed E-state index contributed by atoms with van der Waals surface area (Å²) in [5.74, 6) is 0. The zero-order valence-corrected chi connectivity index (χ0v) is 12.2. The summed E-state index contributed by atoms with van der Waals surface area (Å²) >= 11 is 0. The highest BCUT2D eigenvalue weighted by Gasteiger charge is 2.19. The van der Waals surface area contributed by atoms with Crippen LogP contribution in [0.5, 0.6) is 0 Å². The van der Waals surface area contributed by atoms with Crippen molar-refractivity contribution in [3.05, 3.63) is 17.5 Å². The molecule has 3 nitrogen and oxygen atoms in total. The summed E-state index contributed by atoms with van der Waals surface area (Å²) < 4.78 is 1.96. The van der Waals surface area contributed by atoms with Gasteiger partial charge in [0.15, 0.2) is 0 Å². The molecular formula is C14H27N3. The van der Waals surface area contributed by atoms with Gasteiger partial charge in [-0.05, 0) is 31.7 Å². The minimum Gasteiger partial charge on any atom is -0.310 e. The molecule has 0 saturated carbocycles. The van der Waals surface area contributed by atoms with Crippen LogP contribution in [0.1, 0.15) is 57.8 Å². The molecule has 1 heterocycles. The summed E-state index contributed by atoms with van der Waals surface area (Å²) in [6.45, 7) is 12.2. The van der Waals surface area contributed by atoms with Crippen LogP contribution in [0.15, 0.2) is 6.20 Å². The lowest BCUT2D eigenvalue weighted by Crippen LogP contribution is -2.23. The molecule has 1 aromatic rings. The van der Waals surface area contributed by atoms with E-state index in [1.807, 2.05) is 17.9 Å². The maximum atomic E-state index is 4.34. The highest BCUT2D eigenvalue weighted by molar-refractivity contribution is 5.20. The highest BCUT2D eigenvalue weighted by Crippen LogP contribution is 2.28. The Kier molecular flexibility index (Phi) is 4.75. The monoisotopic (exact) mass is 237 g/mol. The fraction of sp³-hybridized carbons (Fsp3) is 0.786. The molecule has 0 amide bonds. The molecule has 98 valence electrons. The van der Waals surface area contributed by atoms with Crippen molar-refractivity contribution in [2.24, 2.45) is 12.5 Å². The summed E-state index contributed by atoms with van der Waals surface area (Å²) in [7, 11) is 2.01. The Bertz CT molecular complexity index is 347. The first-order valence-electron chi connectivity index (χ1n) is 6.57. The average molecular weight is 237 g/mol. The van der Waals surface area contributed by atoms with E-state index in [0.29, 0.717) is 11.5 Å². The predicted octanol–water partition coefficient (Wildman–Crippen LogP) is 3.21. The van der Waals surface area contributed by atoms with Gasteiger partial charge in [-0.1, -0.05) is 27.7 Å². The van der Waals surface area contributed by atoms with Gasteiger partial charge in [0.05, 0.1) is 6.20 Å². The summed E-state index contributed by atoms with van der Waals surface area (Å²) in [6.07, 6.45) is 4.40. The van der Waals surface area contributed by atoms with E-state index in [9.17, 15) is 0 Å². The zero-order valence-electron chi connectivity index (χ0n) is 12.2. The maximum absolute atomic E-state index is 4.34. The van der Waals surface area contributed by atoms with E-state index in [2.05, 4.69) is 45.0 Å². The van der Waals surface area contributed by atoms with Crippen molar-refractivity contribution >= 4 is 0 Å². The molecule has 0 bridgehead atoms. The number of aryl methyl sites for hydroxylation is 1. The van der Waals surface area contributed by atoms with Crippen molar-refractivity contribution in [2.75, 3.05) is 6.54 Å². The van der Waals surface area contributed by atoms with Crippen LogP contribution in [0.25, 0.3) is 0 Å². The molecule has 1 rings (SSSR count). The quantitative estimate of drug-likeness (QED) is 0.852. The maximum Gasteiger partial charge on any atom is 0.0540 e. The van der Waals surface area contributed by atoms with Gasteiger partial charge in [0.2, 0.25) is 0 Å². The summed E-state index contributed by atoms with van der Waals surface area (Å²) in [6, 6.07) is 0.438. The number of hydrogen-bond donors (Lipinski definition) is 1. The van der Waals surface area contributed by atoms with Gasteiger partial charge in [0, 0.05) is 24.3 Å². The van der Waals surface area contributed by atoms with Crippen LogP contribution in [0.3, 0.4) is 0 Å². The molecule has 0 radical (unpaired) electrons. The van der Waals surface area contributed by atoms with Crippen molar-refractivity contribution in [2.45, 2.75) is 53.5 Å². The Hall–Kier alpha value is -0.830. The number of hydrogen-bond acceptors (Lipinski definition) is 2. The molecule has 17 heavy (non-hydrogen) atoms. The Labute approximate surface area is 106 Å². The Morgan fingerprint density at radius 2 is 2.06 bits per heavy atom. The molecule has 1 atom stereocenters. The molecule has 0 aliphatic heterocycles. The third kappa shape index (κ3) is 4.15. The Morgan fingerprint density at radius 3 is 2.47 bits per heavy atom. The van der Waals surface area contributed by atoms with Gasteiger partial charge in [-0.3, -0.25) is 4.68 Å². The fourth-order valence-electron chi connectivity index (χ4n) is 2.05. The molecule has 1 aromatic heterocycles. The van der Waals surface area contributed by atoms with E-state index in [4.69, 9.17) is 0 Å². The van der Waals surface area contributed by atoms with Crippen molar-refractivity contribution in [3.63, 3.8) is 0 Å². The van der Waals surface area contributed by atoms with Crippen molar-refractivity contribution < 1.29 is 0 Å². The summed E-state index contributed by atoms with van der Waals surface area (Å²) in [5.41, 5.74) is 3.01. The number of rotatable bonds is 5. The highest BCUT2D eigenvalue weighted by atomic mass is 15.3. The fourth-order valence-corrected chi connectivity index (χ4v) is 2.05. The van der Waals surface area contributed by atoms with E-state index in [1.54, 1.807) is 0 Å². The van der Waals surface area contributed by atoms with Crippen molar-refractivity contribution in [1.29, 1.82) is 0 Å². The molecule has 0 spiro atoms. The minimum absolute atomic E-state index is 0.393. The van der Waals surface area contributed by atoms with E-state index in [-0.39, 0.29) is 0 Å². The SMILES string of the molecule is CCNC(CCC(C)(C)C)c1cnn(C)c1C. The van der Waals surface area contributed by atoms with Crippen molar-refractivity contribution in [1.82, 2.24) is 15.1 Å². The number of nitrogens with zero attached hydrogens (tertiary/aromatic N) is 2. The van der Waals surface area contributed by atoms with Gasteiger partial charge in [-0.15, -0.1) is 0 Å². The second kappa shape index (κ2) is 5.67. The molecule has 0 saturated heterocycles. The van der Waals surface area contributed by atoms with E-state index >= 15 is 0 Å². The first-order valence-corrected chi connectivity index (χ1v) is 6.57. The molecule has 0 fully saturated rings. The number of nitrogens with one attached hydrogen (secondary N) is 1. The van der Waals surface area contributed by atoms with Crippen LogP contribution in [0, 0.1) is 12.3 Å². The van der Waals surface area contributed by atoms with Gasteiger partial charge in [0.1, 0.15) is 0 Å². The van der Waals surface area contributed by atoms with Crippen LogP contribution in [-0.2, 0) is 7.05 Å². The summed E-state index contributed by atoms with van der Waals surface area (Å²) in [4.78, 5) is 0. The number of aromatic nitrogens is 2. The Morgan fingerprint density at radius 1 is 1.41 bits per heavy atom. The molecule has 1 N–H and O–H groups in total. The lowest BCUT2D eigenvalue weighted by Gasteiger charge is -2.23. The third-order valence-electron chi connectivity index (χ3n) is 3.28. The van der Waals surface area contributed by atoms with Gasteiger partial charge < -0.3 is 5.32 Å². The van der Waals surface area contributed by atoms with Crippen LogP contribution < -0.4 is 5.32 Å². The first kappa shape index (κ1) is 14.2. The lowest BCUT2D eigenvalue weighted by atomic mass is 9.87. The molecule has 1 unspecified atom stereocenters. The topological polar surface area (TPSA) is 29.9 Å². The lowest BCUT2D eigenvalue weighted by molar-refractivity contribution is 0.333. The predicted molar refractivity (Wildman–Crippen MR) is 73.1 cm³/mol. The van der Waals surface area contributed by atoms with Gasteiger partial charge in [-0.2, -0.15) is 5.10 Å². The van der Waals surface area contributed by atoms with Gasteiger partial charge in [-0.25, -0.2) is 0 Å². The molecule has 3 heteroatoms.